The van der Waals surface area contributed by atoms with Crippen molar-refractivity contribution in [3.63, 3.8) is 0 Å². The zero-order valence-corrected chi connectivity index (χ0v) is 19.5. The van der Waals surface area contributed by atoms with Crippen LogP contribution in [0.15, 0.2) is 30.5 Å². The number of carbonyl (C=O) groups excluding carboxylic acids is 2. The van der Waals surface area contributed by atoms with Gasteiger partial charge in [0.2, 0.25) is 0 Å². The van der Waals surface area contributed by atoms with E-state index in [4.69, 9.17) is 10.3 Å². The van der Waals surface area contributed by atoms with Crippen molar-refractivity contribution in [3.05, 3.63) is 47.3 Å². The van der Waals surface area contributed by atoms with Crippen molar-refractivity contribution < 1.29 is 26.7 Å². The molecule has 33 heavy (non-hydrogen) atoms. The molecule has 1 saturated carbocycles. The van der Waals surface area contributed by atoms with Crippen molar-refractivity contribution in [2.45, 2.75) is 64.5 Å². The van der Waals surface area contributed by atoms with Crippen molar-refractivity contribution in [2.24, 2.45) is 11.1 Å². The van der Waals surface area contributed by atoms with E-state index in [0.29, 0.717) is 43.4 Å². The van der Waals surface area contributed by atoms with Crippen LogP contribution < -0.4 is 11.1 Å². The SMILES string of the molecule is CC1(C)CC(=O)c2ccn(-c3ccc(C(N)=O)c(NC4CCC(OS(=O)(=O)O)CC4)c3)c2C1. The van der Waals surface area contributed by atoms with E-state index >= 15 is 0 Å². The third kappa shape index (κ3) is 5.29. The van der Waals surface area contributed by atoms with Gasteiger partial charge in [-0.3, -0.25) is 14.1 Å². The van der Waals surface area contributed by atoms with Gasteiger partial charge < -0.3 is 15.6 Å². The molecule has 4 N–H and O–H groups in total. The number of carbonyl (C=O) groups is 2. The molecule has 10 heteroatoms. The number of amides is 1. The van der Waals surface area contributed by atoms with Crippen LogP contribution in [-0.4, -0.2) is 41.4 Å². The van der Waals surface area contributed by atoms with Gasteiger partial charge in [0, 0.05) is 41.3 Å². The number of Topliss-reactive ketones (excluding diaryl/α,β-unsaturated/α-hetero) is 1. The molecule has 1 fully saturated rings. The molecule has 2 aliphatic rings. The number of hydrogen-bond donors (Lipinski definition) is 3. The molecule has 0 spiro atoms. The van der Waals surface area contributed by atoms with Gasteiger partial charge in [-0.2, -0.15) is 8.42 Å². The number of anilines is 1. The van der Waals surface area contributed by atoms with E-state index in [9.17, 15) is 18.0 Å². The summed E-state index contributed by atoms with van der Waals surface area (Å²) in [6.07, 6.45) is 4.70. The number of fused-ring (bicyclic) bond motifs is 1. The summed E-state index contributed by atoms with van der Waals surface area (Å²) in [5.74, 6) is -0.422. The number of nitrogens with two attached hydrogens (primary N) is 1. The number of aromatic nitrogens is 1. The van der Waals surface area contributed by atoms with Crippen LogP contribution >= 0.6 is 0 Å². The average molecular weight is 476 g/mol. The fourth-order valence-corrected chi connectivity index (χ4v) is 5.43. The van der Waals surface area contributed by atoms with Crippen molar-refractivity contribution in [2.75, 3.05) is 5.32 Å². The Kier molecular flexibility index (Phi) is 6.10. The summed E-state index contributed by atoms with van der Waals surface area (Å²) < 4.78 is 37.4. The van der Waals surface area contributed by atoms with Crippen LogP contribution in [-0.2, 0) is 21.0 Å². The first-order valence-corrected chi connectivity index (χ1v) is 12.4. The van der Waals surface area contributed by atoms with E-state index in [0.717, 1.165) is 23.4 Å². The van der Waals surface area contributed by atoms with Gasteiger partial charge in [0.15, 0.2) is 5.78 Å². The summed E-state index contributed by atoms with van der Waals surface area (Å²) in [4.78, 5) is 24.6. The fraction of sp³-hybridized carbons (Fsp3) is 0.478. The molecule has 0 bridgehead atoms. The molecule has 2 aromatic rings. The minimum Gasteiger partial charge on any atom is -0.382 e. The van der Waals surface area contributed by atoms with Crippen LogP contribution in [0.5, 0.6) is 0 Å². The largest absolute Gasteiger partial charge is 0.397 e. The Bertz CT molecular complexity index is 1190. The first-order valence-electron chi connectivity index (χ1n) is 11.0. The average Bonchev–Trinajstić information content (AvgIpc) is 3.11. The Labute approximate surface area is 193 Å². The number of nitrogens with one attached hydrogen (secondary N) is 1. The summed E-state index contributed by atoms with van der Waals surface area (Å²) in [5.41, 5.74) is 8.92. The fourth-order valence-electron chi connectivity index (χ4n) is 4.90. The van der Waals surface area contributed by atoms with Crippen LogP contribution in [0.3, 0.4) is 0 Å². The standard InChI is InChI=1S/C23H29N3O6S/c1-23(2)12-20-18(21(27)13-23)9-10-26(20)15-5-8-17(22(24)28)19(11-15)25-14-3-6-16(7-4-14)32-33(29,30)31/h5,8-11,14,16,25H,3-4,6-7,12-13H2,1-2H3,(H2,24,28)(H,29,30,31). The predicted molar refractivity (Wildman–Crippen MR) is 123 cm³/mol. The highest BCUT2D eigenvalue weighted by atomic mass is 32.3. The third-order valence-electron chi connectivity index (χ3n) is 6.42. The molecule has 0 unspecified atom stereocenters. The van der Waals surface area contributed by atoms with E-state index in [-0.39, 0.29) is 17.2 Å². The summed E-state index contributed by atoms with van der Waals surface area (Å²) in [6, 6.07) is 7.17. The van der Waals surface area contributed by atoms with E-state index < -0.39 is 22.4 Å². The van der Waals surface area contributed by atoms with Gasteiger partial charge in [-0.25, -0.2) is 4.18 Å². The van der Waals surface area contributed by atoms with Gasteiger partial charge in [-0.1, -0.05) is 13.8 Å². The zero-order valence-electron chi connectivity index (χ0n) is 18.7. The van der Waals surface area contributed by atoms with E-state index in [1.807, 2.05) is 29.0 Å². The Morgan fingerprint density at radius 1 is 1.18 bits per heavy atom. The maximum atomic E-state index is 12.6. The molecule has 2 aliphatic carbocycles. The number of benzene rings is 1. The van der Waals surface area contributed by atoms with Crippen LogP contribution in [0.25, 0.3) is 5.69 Å². The van der Waals surface area contributed by atoms with E-state index in [1.54, 1.807) is 6.07 Å². The quantitative estimate of drug-likeness (QED) is 0.545. The zero-order chi connectivity index (χ0) is 24.0. The molecule has 178 valence electrons. The molecule has 0 aliphatic heterocycles. The van der Waals surface area contributed by atoms with Crippen LogP contribution in [0.1, 0.15) is 72.4 Å². The molecule has 1 aromatic carbocycles. The van der Waals surface area contributed by atoms with Gasteiger partial charge in [0.25, 0.3) is 5.91 Å². The van der Waals surface area contributed by atoms with Gasteiger partial charge in [0.1, 0.15) is 0 Å². The lowest BCUT2D eigenvalue weighted by Crippen LogP contribution is -2.31. The number of primary amides is 1. The Morgan fingerprint density at radius 2 is 1.88 bits per heavy atom. The molecule has 1 amide bonds. The summed E-state index contributed by atoms with van der Waals surface area (Å²) >= 11 is 0. The molecule has 4 rings (SSSR count). The maximum Gasteiger partial charge on any atom is 0.397 e. The second-order valence-electron chi connectivity index (χ2n) is 9.72. The Hall–Kier alpha value is -2.69. The van der Waals surface area contributed by atoms with Gasteiger partial charge >= 0.3 is 10.4 Å². The number of rotatable bonds is 6. The second-order valence-corrected chi connectivity index (χ2v) is 10.8. The molecule has 0 radical (unpaired) electrons. The summed E-state index contributed by atoms with van der Waals surface area (Å²) in [6.45, 7) is 4.16. The molecule has 9 nitrogen and oxygen atoms in total. The monoisotopic (exact) mass is 475 g/mol. The Balaban J connectivity index is 1.58. The van der Waals surface area contributed by atoms with Crippen LogP contribution in [0.2, 0.25) is 0 Å². The molecule has 0 atom stereocenters. The highest BCUT2D eigenvalue weighted by Crippen LogP contribution is 2.37. The minimum absolute atomic E-state index is 0.0151. The summed E-state index contributed by atoms with van der Waals surface area (Å²) in [5, 5.41) is 3.37. The molecule has 0 saturated heterocycles. The lowest BCUT2D eigenvalue weighted by Gasteiger charge is -2.30. The molecular formula is C23H29N3O6S. The normalized spacial score (nSPS) is 22.6. The summed E-state index contributed by atoms with van der Waals surface area (Å²) in [7, 11) is -4.48. The van der Waals surface area contributed by atoms with Gasteiger partial charge in [0.05, 0.1) is 11.7 Å². The number of hydrogen-bond acceptors (Lipinski definition) is 6. The first-order chi connectivity index (χ1) is 15.4. The molecule has 1 heterocycles. The van der Waals surface area contributed by atoms with Crippen LogP contribution in [0, 0.1) is 5.41 Å². The first kappa shape index (κ1) is 23.5. The van der Waals surface area contributed by atoms with Gasteiger partial charge in [-0.05, 0) is 61.8 Å². The molecular weight excluding hydrogens is 446 g/mol. The topological polar surface area (TPSA) is 141 Å². The van der Waals surface area contributed by atoms with Crippen molar-refractivity contribution in [3.8, 4) is 5.69 Å². The third-order valence-corrected chi connectivity index (χ3v) is 6.93. The number of nitrogens with zero attached hydrogens (tertiary/aromatic N) is 1. The smallest absolute Gasteiger partial charge is 0.382 e. The highest BCUT2D eigenvalue weighted by molar-refractivity contribution is 7.80. The molecule has 1 aromatic heterocycles. The second kappa shape index (κ2) is 8.58. The van der Waals surface area contributed by atoms with Crippen LogP contribution in [0.4, 0.5) is 5.69 Å². The lowest BCUT2D eigenvalue weighted by molar-refractivity contribution is 0.0910. The number of ketones is 1. The Morgan fingerprint density at radius 3 is 2.52 bits per heavy atom. The highest BCUT2D eigenvalue weighted by Gasteiger charge is 2.33. The van der Waals surface area contributed by atoms with E-state index in [2.05, 4.69) is 23.3 Å². The maximum absolute atomic E-state index is 12.6. The van der Waals surface area contributed by atoms with E-state index in [1.165, 1.54) is 0 Å². The lowest BCUT2D eigenvalue weighted by atomic mass is 9.76. The van der Waals surface area contributed by atoms with Crippen molar-refractivity contribution in [1.29, 1.82) is 0 Å². The van der Waals surface area contributed by atoms with Crippen molar-refractivity contribution >= 4 is 27.8 Å². The predicted octanol–water partition coefficient (Wildman–Crippen LogP) is 3.27. The van der Waals surface area contributed by atoms with Crippen molar-refractivity contribution in [1.82, 2.24) is 4.57 Å². The van der Waals surface area contributed by atoms with Gasteiger partial charge in [-0.15, -0.1) is 0 Å². The minimum atomic E-state index is -4.48.